The van der Waals surface area contributed by atoms with Crippen molar-refractivity contribution in [1.82, 2.24) is 0 Å². The first kappa shape index (κ1) is 10.7. The first-order valence-corrected chi connectivity index (χ1v) is 5.67. The quantitative estimate of drug-likeness (QED) is 0.754. The summed E-state index contributed by atoms with van der Waals surface area (Å²) in [5.74, 6) is 0. The molecule has 82 valence electrons. The molecule has 15 heavy (non-hydrogen) atoms. The van der Waals surface area contributed by atoms with E-state index in [1.54, 1.807) is 0 Å². The van der Waals surface area contributed by atoms with Gasteiger partial charge in [0, 0.05) is 19.6 Å². The van der Waals surface area contributed by atoms with Crippen LogP contribution < -0.4 is 0 Å². The smallest absolute Gasteiger partial charge is 0.109 e. The Hall–Kier alpha value is -0.860. The Balaban J connectivity index is 2.21. The monoisotopic (exact) mass is 206 g/mol. The maximum atomic E-state index is 5.77. The van der Waals surface area contributed by atoms with Crippen molar-refractivity contribution in [3.63, 3.8) is 0 Å². The van der Waals surface area contributed by atoms with Crippen molar-refractivity contribution >= 4 is 0 Å². The minimum Gasteiger partial charge on any atom is -0.375 e. The van der Waals surface area contributed by atoms with Gasteiger partial charge in [0.05, 0.1) is 6.10 Å². The van der Waals surface area contributed by atoms with Crippen LogP contribution in [-0.2, 0) is 15.9 Å². The van der Waals surface area contributed by atoms with Crippen molar-refractivity contribution in [1.29, 1.82) is 0 Å². The normalized spacial score (nSPS) is 24.1. The fourth-order valence-corrected chi connectivity index (χ4v) is 2.26. The lowest BCUT2D eigenvalue weighted by Gasteiger charge is -2.20. The fraction of sp³-hybridized carbons (Fsp3) is 0.538. The molecule has 0 bridgehead atoms. The fourth-order valence-electron chi connectivity index (χ4n) is 2.26. The Morgan fingerprint density at radius 1 is 1.13 bits per heavy atom. The van der Waals surface area contributed by atoms with Crippen LogP contribution in [0.4, 0.5) is 0 Å². The lowest BCUT2D eigenvalue weighted by Crippen LogP contribution is -2.20. The van der Waals surface area contributed by atoms with Gasteiger partial charge in [-0.2, -0.15) is 0 Å². The van der Waals surface area contributed by atoms with Gasteiger partial charge in [0.2, 0.25) is 0 Å². The van der Waals surface area contributed by atoms with Gasteiger partial charge >= 0.3 is 0 Å². The van der Waals surface area contributed by atoms with Crippen molar-refractivity contribution in [2.24, 2.45) is 0 Å². The highest BCUT2D eigenvalue weighted by atomic mass is 16.5. The van der Waals surface area contributed by atoms with Gasteiger partial charge in [-0.25, -0.2) is 0 Å². The van der Waals surface area contributed by atoms with E-state index in [1.807, 2.05) is 13.8 Å². The molecule has 2 atom stereocenters. The Labute approximate surface area is 91.2 Å². The summed E-state index contributed by atoms with van der Waals surface area (Å²) in [5, 5.41) is 0. The minimum absolute atomic E-state index is 0.131. The van der Waals surface area contributed by atoms with Crippen LogP contribution in [0.2, 0.25) is 0 Å². The maximum absolute atomic E-state index is 5.77. The van der Waals surface area contributed by atoms with Crippen molar-refractivity contribution in [2.75, 3.05) is 13.2 Å². The van der Waals surface area contributed by atoms with Crippen molar-refractivity contribution in [2.45, 2.75) is 32.5 Å². The Morgan fingerprint density at radius 3 is 2.60 bits per heavy atom. The van der Waals surface area contributed by atoms with Gasteiger partial charge in [-0.1, -0.05) is 24.3 Å². The first-order valence-electron chi connectivity index (χ1n) is 5.67. The lowest BCUT2D eigenvalue weighted by molar-refractivity contribution is -0.0586. The van der Waals surface area contributed by atoms with E-state index < -0.39 is 0 Å². The molecular formula is C13H18O2. The first-order chi connectivity index (χ1) is 7.36. The van der Waals surface area contributed by atoms with E-state index in [-0.39, 0.29) is 12.2 Å². The predicted molar refractivity (Wildman–Crippen MR) is 59.9 cm³/mol. The Bertz CT molecular complexity index is 322. The number of rotatable bonds is 4. The molecule has 1 aliphatic carbocycles. The van der Waals surface area contributed by atoms with Crippen LogP contribution in [0, 0.1) is 0 Å². The van der Waals surface area contributed by atoms with Gasteiger partial charge in [0.1, 0.15) is 6.10 Å². The molecule has 0 fully saturated rings. The number of fused-ring (bicyclic) bond motifs is 1. The predicted octanol–water partition coefficient (Wildman–Crippen LogP) is 2.73. The third-order valence-corrected chi connectivity index (χ3v) is 2.85. The summed E-state index contributed by atoms with van der Waals surface area (Å²) in [6, 6.07) is 8.46. The molecule has 1 aromatic carbocycles. The second kappa shape index (κ2) is 4.77. The molecule has 2 heteroatoms. The number of hydrogen-bond acceptors (Lipinski definition) is 2. The lowest BCUT2D eigenvalue weighted by atomic mass is 10.1. The molecular weight excluding hydrogens is 188 g/mol. The summed E-state index contributed by atoms with van der Waals surface area (Å²) in [6.07, 6.45) is 1.31. The second-order valence-corrected chi connectivity index (χ2v) is 3.77. The zero-order valence-electron chi connectivity index (χ0n) is 9.40. The minimum atomic E-state index is 0.131. The molecule has 0 aliphatic heterocycles. The second-order valence-electron chi connectivity index (χ2n) is 3.77. The molecule has 0 saturated carbocycles. The topological polar surface area (TPSA) is 18.5 Å². The molecule has 2 rings (SSSR count). The van der Waals surface area contributed by atoms with Crippen LogP contribution in [0.25, 0.3) is 0 Å². The molecule has 2 unspecified atom stereocenters. The summed E-state index contributed by atoms with van der Waals surface area (Å²) in [4.78, 5) is 0. The van der Waals surface area contributed by atoms with E-state index in [0.29, 0.717) is 0 Å². The van der Waals surface area contributed by atoms with Gasteiger partial charge < -0.3 is 9.47 Å². The van der Waals surface area contributed by atoms with E-state index in [2.05, 4.69) is 24.3 Å². The molecule has 0 heterocycles. The van der Waals surface area contributed by atoms with Crippen LogP contribution in [0.5, 0.6) is 0 Å². The maximum Gasteiger partial charge on any atom is 0.109 e. The third-order valence-electron chi connectivity index (χ3n) is 2.85. The average molecular weight is 206 g/mol. The Morgan fingerprint density at radius 2 is 1.87 bits per heavy atom. The van der Waals surface area contributed by atoms with E-state index in [9.17, 15) is 0 Å². The number of hydrogen-bond donors (Lipinski definition) is 0. The van der Waals surface area contributed by atoms with Gasteiger partial charge in [0.25, 0.3) is 0 Å². The summed E-state index contributed by atoms with van der Waals surface area (Å²) in [5.41, 5.74) is 2.67. The summed E-state index contributed by atoms with van der Waals surface area (Å²) < 4.78 is 11.5. The molecule has 0 aromatic heterocycles. The molecule has 0 spiro atoms. The molecule has 2 nitrogen and oxygen atoms in total. The highest BCUT2D eigenvalue weighted by Gasteiger charge is 2.32. The van der Waals surface area contributed by atoms with Gasteiger partial charge in [0.15, 0.2) is 0 Å². The SMILES string of the molecule is CCOC1Cc2ccccc2C1OCC. The number of ether oxygens (including phenoxy) is 2. The van der Waals surface area contributed by atoms with Crippen LogP contribution in [0.15, 0.2) is 24.3 Å². The van der Waals surface area contributed by atoms with E-state index in [1.165, 1.54) is 11.1 Å². The van der Waals surface area contributed by atoms with E-state index >= 15 is 0 Å². The highest BCUT2D eigenvalue weighted by molar-refractivity contribution is 5.35. The average Bonchev–Trinajstić information content (AvgIpc) is 2.59. The summed E-state index contributed by atoms with van der Waals surface area (Å²) in [7, 11) is 0. The van der Waals surface area contributed by atoms with Crippen LogP contribution in [0.3, 0.4) is 0 Å². The van der Waals surface area contributed by atoms with E-state index in [4.69, 9.17) is 9.47 Å². The van der Waals surface area contributed by atoms with Gasteiger partial charge in [-0.05, 0) is 25.0 Å². The molecule has 0 radical (unpaired) electrons. The molecule has 0 amide bonds. The van der Waals surface area contributed by atoms with Gasteiger partial charge in [-0.15, -0.1) is 0 Å². The van der Waals surface area contributed by atoms with Crippen molar-refractivity contribution in [3.05, 3.63) is 35.4 Å². The largest absolute Gasteiger partial charge is 0.375 e. The summed E-state index contributed by atoms with van der Waals surface area (Å²) in [6.45, 7) is 5.56. The molecule has 1 aliphatic rings. The van der Waals surface area contributed by atoms with Crippen LogP contribution >= 0.6 is 0 Å². The van der Waals surface area contributed by atoms with Crippen molar-refractivity contribution in [3.8, 4) is 0 Å². The third kappa shape index (κ3) is 2.06. The highest BCUT2D eigenvalue weighted by Crippen LogP contribution is 2.35. The van der Waals surface area contributed by atoms with Crippen molar-refractivity contribution < 1.29 is 9.47 Å². The number of benzene rings is 1. The van der Waals surface area contributed by atoms with Crippen LogP contribution in [0.1, 0.15) is 31.1 Å². The molecule has 0 N–H and O–H groups in total. The zero-order valence-corrected chi connectivity index (χ0v) is 9.40. The van der Waals surface area contributed by atoms with Gasteiger partial charge in [-0.3, -0.25) is 0 Å². The summed E-state index contributed by atoms with van der Waals surface area (Å²) >= 11 is 0. The zero-order chi connectivity index (χ0) is 10.7. The Kier molecular flexibility index (Phi) is 3.39. The van der Waals surface area contributed by atoms with Crippen LogP contribution in [-0.4, -0.2) is 19.3 Å². The van der Waals surface area contributed by atoms with E-state index in [0.717, 1.165) is 19.6 Å². The standard InChI is InChI=1S/C13H18O2/c1-3-14-12-9-10-7-5-6-8-11(10)13(12)15-4-2/h5-8,12-13H,3-4,9H2,1-2H3. The molecule has 1 aromatic rings. The molecule has 0 saturated heterocycles.